The molecule has 0 bridgehead atoms. The van der Waals surface area contributed by atoms with Crippen molar-refractivity contribution in [3.63, 3.8) is 0 Å². The van der Waals surface area contributed by atoms with E-state index in [1.807, 2.05) is 35.7 Å². The van der Waals surface area contributed by atoms with Gasteiger partial charge in [-0.15, -0.1) is 11.8 Å². The van der Waals surface area contributed by atoms with Gasteiger partial charge in [-0.1, -0.05) is 18.2 Å². The first-order valence-electron chi connectivity index (χ1n) is 7.41. The van der Waals surface area contributed by atoms with Crippen LogP contribution in [0.2, 0.25) is 0 Å². The van der Waals surface area contributed by atoms with Gasteiger partial charge in [-0.25, -0.2) is 0 Å². The lowest BCUT2D eigenvalue weighted by molar-refractivity contribution is -0.129. The minimum atomic E-state index is -0.239. The largest absolute Gasteiger partial charge is 0.457 e. The molecule has 3 rings (SSSR count). The number of nitrogens with zero attached hydrogens (tertiary/aromatic N) is 1. The lowest BCUT2D eigenvalue weighted by Crippen LogP contribution is -2.36. The SMILES string of the molecule is O=C(CN1C=CSCC1=O)Nc1ccc(Oc2ccccc2)cc1. The Kier molecular flexibility index (Phi) is 5.18. The predicted molar refractivity (Wildman–Crippen MR) is 94.9 cm³/mol. The minimum absolute atomic E-state index is 0.0121. The summed E-state index contributed by atoms with van der Waals surface area (Å²) in [7, 11) is 0. The average Bonchev–Trinajstić information content (AvgIpc) is 2.60. The van der Waals surface area contributed by atoms with E-state index in [1.54, 1.807) is 30.5 Å². The maximum absolute atomic E-state index is 12.0. The van der Waals surface area contributed by atoms with Crippen molar-refractivity contribution in [1.29, 1.82) is 0 Å². The van der Waals surface area contributed by atoms with Crippen molar-refractivity contribution in [2.24, 2.45) is 0 Å². The molecule has 2 amide bonds. The van der Waals surface area contributed by atoms with Crippen molar-refractivity contribution in [3.8, 4) is 11.5 Å². The number of ether oxygens (including phenoxy) is 1. The second-order valence-corrected chi connectivity index (χ2v) is 6.00. The van der Waals surface area contributed by atoms with Gasteiger partial charge in [0.2, 0.25) is 11.8 Å². The monoisotopic (exact) mass is 340 g/mol. The van der Waals surface area contributed by atoms with Gasteiger partial charge in [0.1, 0.15) is 18.0 Å². The van der Waals surface area contributed by atoms with Gasteiger partial charge in [0.05, 0.1) is 5.75 Å². The minimum Gasteiger partial charge on any atom is -0.457 e. The second kappa shape index (κ2) is 7.70. The molecule has 122 valence electrons. The van der Waals surface area contributed by atoms with Gasteiger partial charge >= 0.3 is 0 Å². The molecule has 0 atom stereocenters. The molecule has 0 fully saturated rings. The summed E-state index contributed by atoms with van der Waals surface area (Å²) in [5.41, 5.74) is 0.656. The van der Waals surface area contributed by atoms with E-state index < -0.39 is 0 Å². The van der Waals surface area contributed by atoms with Gasteiger partial charge in [0, 0.05) is 11.9 Å². The Morgan fingerprint density at radius 3 is 2.50 bits per heavy atom. The zero-order valence-electron chi connectivity index (χ0n) is 12.8. The van der Waals surface area contributed by atoms with Crippen LogP contribution in [0.3, 0.4) is 0 Å². The van der Waals surface area contributed by atoms with Crippen LogP contribution < -0.4 is 10.1 Å². The topological polar surface area (TPSA) is 58.6 Å². The highest BCUT2D eigenvalue weighted by molar-refractivity contribution is 8.02. The van der Waals surface area contributed by atoms with E-state index >= 15 is 0 Å². The van der Waals surface area contributed by atoms with Crippen molar-refractivity contribution < 1.29 is 14.3 Å². The van der Waals surface area contributed by atoms with Crippen molar-refractivity contribution in [2.45, 2.75) is 0 Å². The first kappa shape index (κ1) is 16.1. The summed E-state index contributed by atoms with van der Waals surface area (Å²) >= 11 is 1.42. The molecule has 24 heavy (non-hydrogen) atoms. The number of rotatable bonds is 5. The molecular formula is C18H16N2O3S. The Bertz CT molecular complexity index is 745. The van der Waals surface area contributed by atoms with Crippen LogP contribution in [-0.4, -0.2) is 29.0 Å². The number of benzene rings is 2. The molecule has 6 heteroatoms. The summed E-state index contributed by atoms with van der Waals surface area (Å²) in [5.74, 6) is 1.50. The van der Waals surface area contributed by atoms with Crippen molar-refractivity contribution >= 4 is 29.3 Å². The molecule has 0 radical (unpaired) electrons. The van der Waals surface area contributed by atoms with Crippen molar-refractivity contribution in [1.82, 2.24) is 4.90 Å². The van der Waals surface area contributed by atoms with E-state index in [1.165, 1.54) is 16.7 Å². The highest BCUT2D eigenvalue weighted by atomic mass is 32.2. The van der Waals surface area contributed by atoms with Gasteiger partial charge in [0.15, 0.2) is 0 Å². The van der Waals surface area contributed by atoms with Crippen LogP contribution in [-0.2, 0) is 9.59 Å². The van der Waals surface area contributed by atoms with Crippen LogP contribution in [0.25, 0.3) is 0 Å². The number of hydrogen-bond acceptors (Lipinski definition) is 4. The van der Waals surface area contributed by atoms with Crippen LogP contribution in [0, 0.1) is 0 Å². The maximum atomic E-state index is 12.0. The third-order valence-corrected chi connectivity index (χ3v) is 4.02. The van der Waals surface area contributed by atoms with E-state index in [0.29, 0.717) is 17.2 Å². The number of carbonyl (C=O) groups excluding carboxylic acids is 2. The molecular weight excluding hydrogens is 324 g/mol. The summed E-state index contributed by atoms with van der Waals surface area (Å²) in [6.45, 7) is 0.0121. The number of anilines is 1. The highest BCUT2D eigenvalue weighted by Crippen LogP contribution is 2.22. The van der Waals surface area contributed by atoms with Crippen LogP contribution >= 0.6 is 11.8 Å². The first-order valence-corrected chi connectivity index (χ1v) is 8.46. The highest BCUT2D eigenvalue weighted by Gasteiger charge is 2.17. The maximum Gasteiger partial charge on any atom is 0.244 e. The number of hydrogen-bond donors (Lipinski definition) is 1. The molecule has 0 spiro atoms. The first-order chi connectivity index (χ1) is 11.7. The molecule has 0 unspecified atom stereocenters. The summed E-state index contributed by atoms with van der Waals surface area (Å²) in [4.78, 5) is 25.1. The number of para-hydroxylation sites is 1. The zero-order chi connectivity index (χ0) is 16.8. The molecule has 1 aliphatic rings. The van der Waals surface area contributed by atoms with Crippen LogP contribution in [0.1, 0.15) is 0 Å². The van der Waals surface area contributed by atoms with E-state index in [4.69, 9.17) is 4.74 Å². The Hall–Kier alpha value is -2.73. The van der Waals surface area contributed by atoms with Crippen molar-refractivity contribution in [2.75, 3.05) is 17.6 Å². The molecule has 0 saturated heterocycles. The number of thioether (sulfide) groups is 1. The molecule has 1 heterocycles. The molecule has 0 aromatic heterocycles. The smallest absolute Gasteiger partial charge is 0.244 e. The van der Waals surface area contributed by atoms with Gasteiger partial charge in [0.25, 0.3) is 0 Å². The lowest BCUT2D eigenvalue weighted by Gasteiger charge is -2.20. The lowest BCUT2D eigenvalue weighted by atomic mass is 10.3. The standard InChI is InChI=1S/C18H16N2O3S/c21-17(12-20-10-11-24-13-18(20)22)19-14-6-8-16(9-7-14)23-15-4-2-1-3-5-15/h1-11H,12-13H2,(H,19,21). The van der Waals surface area contributed by atoms with Gasteiger partial charge in [-0.3, -0.25) is 9.59 Å². The second-order valence-electron chi connectivity index (χ2n) is 5.11. The van der Waals surface area contributed by atoms with Gasteiger partial charge < -0.3 is 15.0 Å². The molecule has 1 N–H and O–H groups in total. The normalized spacial score (nSPS) is 13.7. The number of carbonyl (C=O) groups is 2. The summed E-state index contributed by atoms with van der Waals surface area (Å²) in [6, 6.07) is 16.6. The fourth-order valence-electron chi connectivity index (χ4n) is 2.13. The molecule has 2 aromatic carbocycles. The van der Waals surface area contributed by atoms with Gasteiger partial charge in [-0.2, -0.15) is 0 Å². The molecule has 1 aliphatic heterocycles. The Morgan fingerprint density at radius 1 is 1.08 bits per heavy atom. The average molecular weight is 340 g/mol. The Morgan fingerprint density at radius 2 is 1.79 bits per heavy atom. The summed E-state index contributed by atoms with van der Waals surface area (Å²) < 4.78 is 5.70. The summed E-state index contributed by atoms with van der Waals surface area (Å²) in [5, 5.41) is 4.58. The van der Waals surface area contributed by atoms with Crippen LogP contribution in [0.5, 0.6) is 11.5 Å². The summed E-state index contributed by atoms with van der Waals surface area (Å²) in [6.07, 6.45) is 1.63. The van der Waals surface area contributed by atoms with Crippen LogP contribution in [0.4, 0.5) is 5.69 Å². The fraction of sp³-hybridized carbons (Fsp3) is 0.111. The third kappa shape index (κ3) is 4.39. The Labute approximate surface area is 144 Å². The zero-order valence-corrected chi connectivity index (χ0v) is 13.7. The predicted octanol–water partition coefficient (Wildman–Crippen LogP) is 3.46. The molecule has 2 aromatic rings. The Balaban J connectivity index is 1.55. The van der Waals surface area contributed by atoms with E-state index in [2.05, 4.69) is 5.32 Å². The molecule has 5 nitrogen and oxygen atoms in total. The van der Waals surface area contributed by atoms with Crippen molar-refractivity contribution in [3.05, 3.63) is 66.2 Å². The molecule has 0 aliphatic carbocycles. The quantitative estimate of drug-likeness (QED) is 0.905. The van der Waals surface area contributed by atoms with E-state index in [-0.39, 0.29) is 18.4 Å². The van der Waals surface area contributed by atoms with E-state index in [0.717, 1.165) is 5.75 Å². The van der Waals surface area contributed by atoms with E-state index in [9.17, 15) is 9.59 Å². The number of amides is 2. The van der Waals surface area contributed by atoms with Gasteiger partial charge in [-0.05, 0) is 41.8 Å². The molecule has 0 saturated carbocycles. The third-order valence-electron chi connectivity index (χ3n) is 3.30. The fourth-order valence-corrected chi connectivity index (χ4v) is 2.77. The van der Waals surface area contributed by atoms with Crippen LogP contribution in [0.15, 0.2) is 66.2 Å². The number of nitrogens with one attached hydrogen (secondary N) is 1.